The summed E-state index contributed by atoms with van der Waals surface area (Å²) in [5, 5.41) is 1.18. The average molecular weight is 396 g/mol. The summed E-state index contributed by atoms with van der Waals surface area (Å²) in [5.41, 5.74) is 3.18. The molecule has 7 heteroatoms. The highest BCUT2D eigenvalue weighted by atomic mass is 32.1. The number of para-hydroxylation sites is 2. The summed E-state index contributed by atoms with van der Waals surface area (Å²) in [6, 6.07) is 8.10. The summed E-state index contributed by atoms with van der Waals surface area (Å²) in [5.74, 6) is 1.87. The Labute approximate surface area is 169 Å². The molecule has 2 aromatic heterocycles. The first-order valence-corrected chi connectivity index (χ1v) is 10.9. The van der Waals surface area contributed by atoms with Crippen LogP contribution in [0.4, 0.5) is 11.6 Å². The van der Waals surface area contributed by atoms with Gasteiger partial charge in [0.1, 0.15) is 5.01 Å². The van der Waals surface area contributed by atoms with E-state index in [4.69, 9.17) is 19.7 Å². The van der Waals surface area contributed by atoms with Gasteiger partial charge in [-0.15, -0.1) is 11.3 Å². The molecule has 0 N–H and O–H groups in total. The zero-order valence-electron chi connectivity index (χ0n) is 16.2. The quantitative estimate of drug-likeness (QED) is 0.675. The van der Waals surface area contributed by atoms with Crippen LogP contribution in [0, 0.1) is 0 Å². The number of fused-ring (bicyclic) bond motifs is 2. The lowest BCUT2D eigenvalue weighted by Gasteiger charge is -2.31. The molecule has 5 rings (SSSR count). The maximum absolute atomic E-state index is 5.54. The predicted octanol–water partition coefficient (Wildman–Crippen LogP) is 3.44. The molecule has 1 fully saturated rings. The Morgan fingerprint density at radius 3 is 2.57 bits per heavy atom. The van der Waals surface area contributed by atoms with Crippen LogP contribution in [0.5, 0.6) is 0 Å². The van der Waals surface area contributed by atoms with Gasteiger partial charge in [0.25, 0.3) is 0 Å². The molecule has 0 radical (unpaired) electrons. The molecule has 28 heavy (non-hydrogen) atoms. The molecular weight excluding hydrogens is 370 g/mol. The molecule has 146 valence electrons. The van der Waals surface area contributed by atoms with Gasteiger partial charge < -0.3 is 14.5 Å². The summed E-state index contributed by atoms with van der Waals surface area (Å²) in [6.45, 7) is 3.93. The van der Waals surface area contributed by atoms with Crippen LogP contribution in [-0.4, -0.2) is 48.3 Å². The molecule has 0 spiro atoms. The topological polar surface area (TPSA) is 54.4 Å². The van der Waals surface area contributed by atoms with Crippen LogP contribution >= 0.6 is 11.3 Å². The van der Waals surface area contributed by atoms with E-state index < -0.39 is 0 Å². The first kappa shape index (κ1) is 17.8. The van der Waals surface area contributed by atoms with Crippen molar-refractivity contribution in [1.29, 1.82) is 0 Å². The van der Waals surface area contributed by atoms with Gasteiger partial charge in [-0.1, -0.05) is 12.1 Å². The summed E-state index contributed by atoms with van der Waals surface area (Å²) in [6.07, 6.45) is 4.88. The van der Waals surface area contributed by atoms with Gasteiger partial charge in [-0.05, 0) is 37.8 Å². The number of aryl methyl sites for hydroxylation is 2. The third kappa shape index (κ3) is 3.44. The molecule has 3 aromatic rings. The van der Waals surface area contributed by atoms with Crippen molar-refractivity contribution in [2.75, 3.05) is 43.2 Å². The number of aromatic nitrogens is 3. The lowest BCUT2D eigenvalue weighted by Crippen LogP contribution is -2.38. The average Bonchev–Trinajstić information content (AvgIpc) is 3.15. The lowest BCUT2D eigenvalue weighted by atomic mass is 10.0. The van der Waals surface area contributed by atoms with Crippen molar-refractivity contribution >= 4 is 34.0 Å². The van der Waals surface area contributed by atoms with Gasteiger partial charge in [-0.25, -0.2) is 15.0 Å². The van der Waals surface area contributed by atoms with E-state index >= 15 is 0 Å². The maximum Gasteiger partial charge on any atom is 0.172 e. The molecule has 0 unspecified atom stereocenters. The standard InChI is InChI=1S/C21H25N5OS/c1-25(14-19-22-17-8-4-5-9-18(17)28-19)20-21(26-10-12-27-13-11-26)24-16-7-3-2-6-15(16)23-20/h2-3,6-7H,4-5,8-14H2,1H3. The number of nitrogens with zero attached hydrogens (tertiary/aromatic N) is 5. The highest BCUT2D eigenvalue weighted by Crippen LogP contribution is 2.31. The Kier molecular flexibility index (Phi) is 4.86. The monoisotopic (exact) mass is 395 g/mol. The Balaban J connectivity index is 1.49. The van der Waals surface area contributed by atoms with Gasteiger partial charge in [-0.2, -0.15) is 0 Å². The van der Waals surface area contributed by atoms with Gasteiger partial charge in [0.2, 0.25) is 0 Å². The van der Waals surface area contributed by atoms with E-state index in [0.29, 0.717) is 0 Å². The smallest absolute Gasteiger partial charge is 0.172 e. The van der Waals surface area contributed by atoms with E-state index in [-0.39, 0.29) is 0 Å². The Morgan fingerprint density at radius 1 is 1.04 bits per heavy atom. The maximum atomic E-state index is 5.54. The number of hydrogen-bond acceptors (Lipinski definition) is 7. The Morgan fingerprint density at radius 2 is 1.79 bits per heavy atom. The van der Waals surface area contributed by atoms with Crippen LogP contribution in [0.25, 0.3) is 11.0 Å². The van der Waals surface area contributed by atoms with E-state index in [0.717, 1.165) is 61.9 Å². The van der Waals surface area contributed by atoms with Gasteiger partial charge in [0.05, 0.1) is 36.5 Å². The molecule has 3 heterocycles. The van der Waals surface area contributed by atoms with E-state index in [1.807, 2.05) is 35.6 Å². The summed E-state index contributed by atoms with van der Waals surface area (Å²) in [4.78, 5) is 20.9. The van der Waals surface area contributed by atoms with Crippen molar-refractivity contribution < 1.29 is 4.74 Å². The number of ether oxygens (including phenoxy) is 1. The van der Waals surface area contributed by atoms with Crippen molar-refractivity contribution in [3.05, 3.63) is 39.8 Å². The third-order valence-electron chi connectivity index (χ3n) is 5.47. The fourth-order valence-electron chi connectivity index (χ4n) is 3.98. The molecular formula is C21H25N5OS. The van der Waals surface area contributed by atoms with Gasteiger partial charge in [-0.3, -0.25) is 0 Å². The van der Waals surface area contributed by atoms with E-state index in [1.165, 1.54) is 34.8 Å². The molecule has 0 amide bonds. The van der Waals surface area contributed by atoms with Crippen LogP contribution in [-0.2, 0) is 24.1 Å². The number of benzene rings is 1. The van der Waals surface area contributed by atoms with Crippen molar-refractivity contribution in [1.82, 2.24) is 15.0 Å². The van der Waals surface area contributed by atoms with Crippen molar-refractivity contribution in [2.24, 2.45) is 0 Å². The fraction of sp³-hybridized carbons (Fsp3) is 0.476. The van der Waals surface area contributed by atoms with Crippen molar-refractivity contribution in [3.8, 4) is 0 Å². The molecule has 0 bridgehead atoms. The molecule has 1 saturated heterocycles. The number of anilines is 2. The zero-order valence-corrected chi connectivity index (χ0v) is 17.0. The molecule has 1 aromatic carbocycles. The number of hydrogen-bond donors (Lipinski definition) is 0. The third-order valence-corrected chi connectivity index (χ3v) is 6.61. The predicted molar refractivity (Wildman–Crippen MR) is 113 cm³/mol. The van der Waals surface area contributed by atoms with Crippen LogP contribution in [0.1, 0.15) is 28.4 Å². The highest BCUT2D eigenvalue weighted by Gasteiger charge is 2.22. The summed E-state index contributed by atoms with van der Waals surface area (Å²) >= 11 is 1.87. The Bertz CT molecular complexity index is 959. The number of morpholine rings is 1. The minimum Gasteiger partial charge on any atom is -0.378 e. The molecule has 6 nitrogen and oxygen atoms in total. The minimum absolute atomic E-state index is 0.733. The lowest BCUT2D eigenvalue weighted by molar-refractivity contribution is 0.122. The van der Waals surface area contributed by atoms with Gasteiger partial charge in [0, 0.05) is 25.0 Å². The molecule has 0 saturated carbocycles. The minimum atomic E-state index is 0.733. The van der Waals surface area contributed by atoms with E-state index in [2.05, 4.69) is 16.8 Å². The SMILES string of the molecule is CN(Cc1nc2c(s1)CCCC2)c1nc2ccccc2nc1N1CCOCC1. The van der Waals surface area contributed by atoms with Crippen molar-refractivity contribution in [2.45, 2.75) is 32.2 Å². The first-order valence-electron chi connectivity index (χ1n) is 10.1. The first-order chi connectivity index (χ1) is 13.8. The summed E-state index contributed by atoms with van der Waals surface area (Å²) < 4.78 is 5.54. The molecule has 0 atom stereocenters. The fourth-order valence-corrected chi connectivity index (χ4v) is 5.19. The molecule has 2 aliphatic rings. The molecule has 1 aliphatic carbocycles. The number of thiazole rings is 1. The second-order valence-electron chi connectivity index (χ2n) is 7.50. The van der Waals surface area contributed by atoms with Crippen molar-refractivity contribution in [3.63, 3.8) is 0 Å². The van der Waals surface area contributed by atoms with Gasteiger partial charge >= 0.3 is 0 Å². The second kappa shape index (κ2) is 7.64. The second-order valence-corrected chi connectivity index (χ2v) is 8.67. The summed E-state index contributed by atoms with van der Waals surface area (Å²) in [7, 11) is 2.10. The number of rotatable bonds is 4. The van der Waals surface area contributed by atoms with E-state index in [9.17, 15) is 0 Å². The largest absolute Gasteiger partial charge is 0.378 e. The molecule has 1 aliphatic heterocycles. The van der Waals surface area contributed by atoms with Crippen LogP contribution in [0.2, 0.25) is 0 Å². The van der Waals surface area contributed by atoms with Crippen LogP contribution in [0.3, 0.4) is 0 Å². The normalized spacial score (nSPS) is 17.0. The van der Waals surface area contributed by atoms with Crippen LogP contribution < -0.4 is 9.80 Å². The highest BCUT2D eigenvalue weighted by molar-refractivity contribution is 7.11. The zero-order chi connectivity index (χ0) is 18.9. The Hall–Kier alpha value is -2.25. The van der Waals surface area contributed by atoms with E-state index in [1.54, 1.807) is 0 Å². The van der Waals surface area contributed by atoms with Gasteiger partial charge in [0.15, 0.2) is 11.6 Å². The van der Waals surface area contributed by atoms with Crippen LogP contribution in [0.15, 0.2) is 24.3 Å².